The Morgan fingerprint density at radius 1 is 0.769 bits per heavy atom. The maximum Gasteiger partial charge on any atom is 0.337 e. The van der Waals surface area contributed by atoms with Crippen molar-refractivity contribution in [2.75, 3.05) is 11.9 Å². The van der Waals surface area contributed by atoms with Crippen molar-refractivity contribution >= 4 is 34.0 Å². The molecule has 0 aromatic heterocycles. The lowest BCUT2D eigenvalue weighted by atomic mass is 10.0. The number of carboxylic acid groups (broad SMARTS) is 1. The number of anilines is 2. The van der Waals surface area contributed by atoms with Gasteiger partial charge in [0.15, 0.2) is 0 Å². The number of carbonyl (C=O) groups is 2. The van der Waals surface area contributed by atoms with Crippen molar-refractivity contribution in [2.45, 2.75) is 13.5 Å². The minimum atomic E-state index is -0.980. The number of para-hydroxylation sites is 1. The molecule has 0 bridgehead atoms. The fraction of sp³-hybridized carbons (Fsp3) is 0.0909. The highest BCUT2D eigenvalue weighted by atomic mass is 16.4. The SMILES string of the molecule is CCN(Cc1cccc(-c2ccc(Nc3ccccc3C(=O)O)cc2)c1)C(=O)c1ccc2cc(O)ccc2c1. The van der Waals surface area contributed by atoms with Gasteiger partial charge in [-0.25, -0.2) is 4.79 Å². The molecule has 5 aromatic carbocycles. The van der Waals surface area contributed by atoms with Crippen LogP contribution in [0.1, 0.15) is 33.2 Å². The van der Waals surface area contributed by atoms with Crippen LogP contribution in [0, 0.1) is 0 Å². The lowest BCUT2D eigenvalue weighted by molar-refractivity contribution is 0.0696. The molecule has 0 radical (unpaired) electrons. The summed E-state index contributed by atoms with van der Waals surface area (Å²) >= 11 is 0. The summed E-state index contributed by atoms with van der Waals surface area (Å²) in [5.41, 5.74) is 5.21. The molecule has 0 saturated carbocycles. The van der Waals surface area contributed by atoms with E-state index in [9.17, 15) is 19.8 Å². The minimum Gasteiger partial charge on any atom is -0.508 e. The molecule has 0 atom stereocenters. The fourth-order valence-electron chi connectivity index (χ4n) is 4.63. The summed E-state index contributed by atoms with van der Waals surface area (Å²) in [6.07, 6.45) is 0. The van der Waals surface area contributed by atoms with Gasteiger partial charge in [0.05, 0.1) is 11.3 Å². The molecule has 39 heavy (non-hydrogen) atoms. The Bertz CT molecular complexity index is 1660. The molecule has 3 N–H and O–H groups in total. The van der Waals surface area contributed by atoms with Crippen molar-refractivity contribution in [3.05, 3.63) is 126 Å². The summed E-state index contributed by atoms with van der Waals surface area (Å²) < 4.78 is 0. The van der Waals surface area contributed by atoms with Crippen LogP contribution >= 0.6 is 0 Å². The van der Waals surface area contributed by atoms with Crippen LogP contribution in [-0.4, -0.2) is 33.5 Å². The number of phenols is 1. The molecule has 0 aliphatic heterocycles. The van der Waals surface area contributed by atoms with E-state index in [1.54, 1.807) is 42.5 Å². The zero-order valence-electron chi connectivity index (χ0n) is 21.5. The van der Waals surface area contributed by atoms with Gasteiger partial charge in [-0.2, -0.15) is 0 Å². The lowest BCUT2D eigenvalue weighted by Gasteiger charge is -2.22. The van der Waals surface area contributed by atoms with Crippen molar-refractivity contribution in [1.29, 1.82) is 0 Å². The standard InChI is InChI=1S/C33H28N2O4/c1-2-35(32(37)27-11-10-26-20-29(36)17-14-25(26)19-27)21-22-6-5-7-24(18-22)23-12-15-28(16-13-23)34-31-9-4-3-8-30(31)33(38)39/h3-20,34,36H,2,21H2,1H3,(H,38,39). The van der Waals surface area contributed by atoms with E-state index < -0.39 is 5.97 Å². The van der Waals surface area contributed by atoms with Crippen LogP contribution in [0.4, 0.5) is 11.4 Å². The lowest BCUT2D eigenvalue weighted by Crippen LogP contribution is -2.30. The topological polar surface area (TPSA) is 89.9 Å². The predicted octanol–water partition coefficient (Wildman–Crippen LogP) is 7.32. The Kier molecular flexibility index (Phi) is 7.28. The molecule has 0 saturated heterocycles. The second kappa shape index (κ2) is 11.1. The van der Waals surface area contributed by atoms with Gasteiger partial charge in [-0.3, -0.25) is 4.79 Å². The fourth-order valence-corrected chi connectivity index (χ4v) is 4.63. The molecule has 194 valence electrons. The summed E-state index contributed by atoms with van der Waals surface area (Å²) in [7, 11) is 0. The number of carbonyl (C=O) groups excluding carboxylic acids is 1. The second-order valence-electron chi connectivity index (χ2n) is 9.32. The van der Waals surface area contributed by atoms with Gasteiger partial charge in [-0.15, -0.1) is 0 Å². The molecule has 6 nitrogen and oxygen atoms in total. The number of nitrogens with zero attached hydrogens (tertiary/aromatic N) is 1. The number of hydrogen-bond acceptors (Lipinski definition) is 4. The number of benzene rings is 5. The van der Waals surface area contributed by atoms with E-state index in [0.29, 0.717) is 24.3 Å². The van der Waals surface area contributed by atoms with E-state index in [1.807, 2.05) is 72.5 Å². The highest BCUT2D eigenvalue weighted by Crippen LogP contribution is 2.27. The Labute approximate surface area is 226 Å². The van der Waals surface area contributed by atoms with Crippen LogP contribution in [-0.2, 0) is 6.54 Å². The van der Waals surface area contributed by atoms with Gasteiger partial charge >= 0.3 is 5.97 Å². The molecule has 0 aliphatic carbocycles. The number of carboxylic acids is 1. The average Bonchev–Trinajstić information content (AvgIpc) is 2.96. The second-order valence-corrected chi connectivity index (χ2v) is 9.32. The Balaban J connectivity index is 1.31. The van der Waals surface area contributed by atoms with Crippen LogP contribution in [0.5, 0.6) is 5.75 Å². The van der Waals surface area contributed by atoms with Crippen molar-refractivity contribution in [3.63, 3.8) is 0 Å². The number of aromatic hydroxyl groups is 1. The van der Waals surface area contributed by atoms with Crippen LogP contribution < -0.4 is 5.32 Å². The molecule has 0 heterocycles. The summed E-state index contributed by atoms with van der Waals surface area (Å²) in [4.78, 5) is 26.6. The van der Waals surface area contributed by atoms with E-state index in [0.717, 1.165) is 33.2 Å². The monoisotopic (exact) mass is 516 g/mol. The van der Waals surface area contributed by atoms with Crippen molar-refractivity contribution in [1.82, 2.24) is 4.90 Å². The Morgan fingerprint density at radius 3 is 2.28 bits per heavy atom. The normalized spacial score (nSPS) is 10.8. The number of nitrogens with one attached hydrogen (secondary N) is 1. The predicted molar refractivity (Wildman–Crippen MR) is 155 cm³/mol. The number of amides is 1. The molecule has 5 rings (SSSR count). The first-order chi connectivity index (χ1) is 18.9. The van der Waals surface area contributed by atoms with Gasteiger partial charge in [-0.05, 0) is 89.0 Å². The smallest absolute Gasteiger partial charge is 0.337 e. The van der Waals surface area contributed by atoms with Gasteiger partial charge < -0.3 is 20.4 Å². The number of phenolic OH excluding ortho intramolecular Hbond substituents is 1. The quantitative estimate of drug-likeness (QED) is 0.201. The molecular weight excluding hydrogens is 488 g/mol. The maximum absolute atomic E-state index is 13.3. The third kappa shape index (κ3) is 5.75. The summed E-state index contributed by atoms with van der Waals surface area (Å²) in [5.74, 6) is -0.826. The first-order valence-electron chi connectivity index (χ1n) is 12.7. The third-order valence-corrected chi connectivity index (χ3v) is 6.69. The van der Waals surface area contributed by atoms with Crippen LogP contribution in [0.25, 0.3) is 21.9 Å². The van der Waals surface area contributed by atoms with Crippen molar-refractivity contribution < 1.29 is 19.8 Å². The molecule has 0 unspecified atom stereocenters. The van der Waals surface area contributed by atoms with Crippen molar-refractivity contribution in [2.24, 2.45) is 0 Å². The number of rotatable bonds is 8. The van der Waals surface area contributed by atoms with Crippen LogP contribution in [0.2, 0.25) is 0 Å². The number of aromatic carboxylic acids is 1. The van der Waals surface area contributed by atoms with E-state index in [1.165, 1.54) is 0 Å². The maximum atomic E-state index is 13.3. The summed E-state index contributed by atoms with van der Waals surface area (Å²) in [5, 5.41) is 24.1. The van der Waals surface area contributed by atoms with Gasteiger partial charge in [0, 0.05) is 24.3 Å². The largest absolute Gasteiger partial charge is 0.508 e. The van der Waals surface area contributed by atoms with Gasteiger partial charge in [0.2, 0.25) is 0 Å². The Morgan fingerprint density at radius 2 is 1.51 bits per heavy atom. The zero-order chi connectivity index (χ0) is 27.4. The van der Waals surface area contributed by atoms with E-state index in [4.69, 9.17) is 0 Å². The molecule has 0 fully saturated rings. The third-order valence-electron chi connectivity index (χ3n) is 6.69. The van der Waals surface area contributed by atoms with Crippen LogP contribution in [0.3, 0.4) is 0 Å². The first-order valence-corrected chi connectivity index (χ1v) is 12.7. The number of fused-ring (bicyclic) bond motifs is 1. The van der Waals surface area contributed by atoms with Gasteiger partial charge in [0.25, 0.3) is 5.91 Å². The summed E-state index contributed by atoms with van der Waals surface area (Å²) in [6, 6.07) is 33.4. The van der Waals surface area contributed by atoms with Gasteiger partial charge in [0.1, 0.15) is 5.75 Å². The minimum absolute atomic E-state index is 0.0463. The molecule has 5 aromatic rings. The summed E-state index contributed by atoms with van der Waals surface area (Å²) in [6.45, 7) is 3.01. The molecule has 0 aliphatic rings. The van der Waals surface area contributed by atoms with E-state index in [2.05, 4.69) is 11.4 Å². The van der Waals surface area contributed by atoms with Gasteiger partial charge in [-0.1, -0.05) is 54.6 Å². The Hall–Kier alpha value is -5.10. The average molecular weight is 517 g/mol. The van der Waals surface area contributed by atoms with Crippen LogP contribution in [0.15, 0.2) is 109 Å². The first kappa shape index (κ1) is 25.5. The molecule has 6 heteroatoms. The molecular formula is C33H28N2O4. The zero-order valence-corrected chi connectivity index (χ0v) is 21.5. The highest BCUT2D eigenvalue weighted by molar-refractivity contribution is 5.99. The van der Waals surface area contributed by atoms with E-state index >= 15 is 0 Å². The molecule has 1 amide bonds. The van der Waals surface area contributed by atoms with E-state index in [-0.39, 0.29) is 17.2 Å². The highest BCUT2D eigenvalue weighted by Gasteiger charge is 2.16. The van der Waals surface area contributed by atoms with Crippen molar-refractivity contribution in [3.8, 4) is 16.9 Å². The number of hydrogen-bond donors (Lipinski definition) is 3. The molecule has 0 spiro atoms.